The first kappa shape index (κ1) is 11.2. The van der Waals surface area contributed by atoms with E-state index in [0.29, 0.717) is 0 Å². The van der Waals surface area contributed by atoms with Gasteiger partial charge in [-0.15, -0.1) is 0 Å². The number of carbonyl (C=O) groups excluding carboxylic acids is 1. The Kier molecular flexibility index (Phi) is 7.77. The van der Waals surface area contributed by atoms with Gasteiger partial charge in [-0.3, -0.25) is 9.59 Å². The van der Waals surface area contributed by atoms with Crippen molar-refractivity contribution in [2.45, 2.75) is 13.3 Å². The van der Waals surface area contributed by atoms with Crippen molar-refractivity contribution in [2.24, 2.45) is 0 Å². The zero-order chi connectivity index (χ0) is 5.86. The van der Waals surface area contributed by atoms with Gasteiger partial charge in [0.1, 0.15) is 12.2 Å². The number of hydrogen-bond donors (Lipinski definition) is 1. The van der Waals surface area contributed by atoms with Crippen LogP contribution >= 0.6 is 0 Å². The number of ketones is 1. The Labute approximate surface area is 77.1 Å². The second-order valence-electron chi connectivity index (χ2n) is 1.27. The van der Waals surface area contributed by atoms with Crippen LogP contribution in [0.1, 0.15) is 13.3 Å². The van der Waals surface area contributed by atoms with Crippen molar-refractivity contribution in [1.29, 1.82) is 0 Å². The van der Waals surface area contributed by atoms with Crippen LogP contribution in [0.5, 0.6) is 0 Å². The molecule has 0 unspecified atom stereocenters. The van der Waals surface area contributed by atoms with Crippen molar-refractivity contribution in [3.05, 3.63) is 0 Å². The van der Waals surface area contributed by atoms with Crippen LogP contribution < -0.4 is 0 Å². The molecule has 3 nitrogen and oxygen atoms in total. The summed E-state index contributed by atoms with van der Waals surface area (Å²) < 4.78 is 0. The zero-order valence-corrected chi connectivity index (χ0v) is 3.97. The van der Waals surface area contributed by atoms with Gasteiger partial charge in [0.05, 0.1) is 0 Å². The summed E-state index contributed by atoms with van der Waals surface area (Å²) in [5.74, 6) is -1.37. The molecule has 0 saturated heterocycles. The van der Waals surface area contributed by atoms with Gasteiger partial charge in [0, 0.05) is 0 Å². The van der Waals surface area contributed by atoms with E-state index in [1.165, 1.54) is 6.92 Å². The average Bonchev–Trinajstić information content (AvgIpc) is 1.27. The zero-order valence-electron chi connectivity index (χ0n) is 3.97. The molecular weight excluding hydrogens is 136 g/mol. The number of hydrogen-bond acceptors (Lipinski definition) is 2. The first-order valence-electron chi connectivity index (χ1n) is 1.84. The number of carbonyl (C=O) groups is 2. The summed E-state index contributed by atoms with van der Waals surface area (Å²) in [6.07, 6.45) is -0.361. The maximum absolute atomic E-state index is 9.87. The number of carboxylic acids is 1. The second kappa shape index (κ2) is 5.53. The summed E-state index contributed by atoms with van der Waals surface area (Å²) in [5, 5.41) is 7.86. The summed E-state index contributed by atoms with van der Waals surface area (Å²) >= 11 is 0. The molecule has 44 valence electrons. The molecule has 0 aliphatic carbocycles. The molecule has 0 heterocycles. The van der Waals surface area contributed by atoms with Crippen LogP contribution in [0.15, 0.2) is 0 Å². The Morgan fingerprint density at radius 1 is 1.50 bits per heavy atom. The topological polar surface area (TPSA) is 54.4 Å². The number of rotatable bonds is 2. The third-order valence-corrected chi connectivity index (χ3v) is 0.400. The normalized spacial score (nSPS) is 7.12. The molecule has 0 fully saturated rings. The minimum absolute atomic E-state index is 0. The van der Waals surface area contributed by atoms with Gasteiger partial charge in [0.2, 0.25) is 0 Å². The SMILES string of the molecule is CC(=O)CC(=O)O.[CaH2]. The van der Waals surface area contributed by atoms with Crippen molar-refractivity contribution in [1.82, 2.24) is 0 Å². The van der Waals surface area contributed by atoms with Crippen LogP contribution in [-0.4, -0.2) is 54.6 Å². The number of aliphatic carboxylic acids is 1. The van der Waals surface area contributed by atoms with Gasteiger partial charge < -0.3 is 5.11 Å². The molecule has 0 spiro atoms. The van der Waals surface area contributed by atoms with Crippen LogP contribution in [0.4, 0.5) is 0 Å². The first-order chi connectivity index (χ1) is 3.13. The summed E-state index contributed by atoms with van der Waals surface area (Å²) in [7, 11) is 0. The molecule has 0 atom stereocenters. The fourth-order valence-corrected chi connectivity index (χ4v) is 0.213. The Balaban J connectivity index is 0. The third-order valence-electron chi connectivity index (χ3n) is 0.400. The predicted octanol–water partition coefficient (Wildman–Crippen LogP) is -0.866. The Hall–Kier alpha value is 0.400. The van der Waals surface area contributed by atoms with Gasteiger partial charge in [-0.25, -0.2) is 0 Å². The molecule has 0 radical (unpaired) electrons. The van der Waals surface area contributed by atoms with Crippen LogP contribution in [0, 0.1) is 0 Å². The molecular formula is C4H8CaO3. The van der Waals surface area contributed by atoms with E-state index < -0.39 is 5.97 Å². The Morgan fingerprint density at radius 3 is 1.88 bits per heavy atom. The van der Waals surface area contributed by atoms with Crippen molar-refractivity contribution in [3.63, 3.8) is 0 Å². The monoisotopic (exact) mass is 144 g/mol. The van der Waals surface area contributed by atoms with E-state index in [2.05, 4.69) is 0 Å². The van der Waals surface area contributed by atoms with Gasteiger partial charge in [-0.1, -0.05) is 0 Å². The van der Waals surface area contributed by atoms with E-state index in [4.69, 9.17) is 5.11 Å². The van der Waals surface area contributed by atoms with E-state index in [0.717, 1.165) is 0 Å². The summed E-state index contributed by atoms with van der Waals surface area (Å²) in [6.45, 7) is 1.24. The summed E-state index contributed by atoms with van der Waals surface area (Å²) in [5.41, 5.74) is 0. The minimum atomic E-state index is -1.06. The number of carboxylic acid groups (broad SMARTS) is 1. The average molecular weight is 144 g/mol. The van der Waals surface area contributed by atoms with E-state index in [1.807, 2.05) is 0 Å². The molecule has 0 aromatic heterocycles. The fraction of sp³-hybridized carbons (Fsp3) is 0.500. The molecule has 8 heavy (non-hydrogen) atoms. The molecule has 0 aromatic rings. The first-order valence-corrected chi connectivity index (χ1v) is 1.84. The van der Waals surface area contributed by atoms with Crippen molar-refractivity contribution in [3.8, 4) is 0 Å². The van der Waals surface area contributed by atoms with Gasteiger partial charge in [0.15, 0.2) is 0 Å². The Morgan fingerprint density at radius 2 is 1.88 bits per heavy atom. The summed E-state index contributed by atoms with van der Waals surface area (Å²) in [6, 6.07) is 0. The molecule has 0 aromatic carbocycles. The van der Waals surface area contributed by atoms with Crippen molar-refractivity contribution < 1.29 is 14.7 Å². The molecule has 0 aliphatic heterocycles. The molecule has 0 aliphatic rings. The molecule has 0 bridgehead atoms. The van der Waals surface area contributed by atoms with Crippen LogP contribution in [0.2, 0.25) is 0 Å². The molecule has 0 rings (SSSR count). The molecule has 4 heteroatoms. The van der Waals surface area contributed by atoms with Gasteiger partial charge in [-0.2, -0.15) is 0 Å². The number of Topliss-reactive ketones (excluding diaryl/α,β-unsaturated/α-hetero) is 1. The van der Waals surface area contributed by atoms with Gasteiger partial charge >= 0.3 is 43.7 Å². The van der Waals surface area contributed by atoms with E-state index in [-0.39, 0.29) is 49.9 Å². The fourth-order valence-electron chi connectivity index (χ4n) is 0.213. The van der Waals surface area contributed by atoms with Gasteiger partial charge in [0.25, 0.3) is 0 Å². The van der Waals surface area contributed by atoms with Crippen molar-refractivity contribution >= 4 is 49.5 Å². The van der Waals surface area contributed by atoms with E-state index in [9.17, 15) is 9.59 Å². The molecule has 0 saturated carbocycles. The third kappa shape index (κ3) is 9.64. The Bertz CT molecular complexity index is 87.5. The molecule has 0 amide bonds. The van der Waals surface area contributed by atoms with Crippen LogP contribution in [-0.2, 0) is 9.59 Å². The predicted molar refractivity (Wildman–Crippen MR) is 31.5 cm³/mol. The van der Waals surface area contributed by atoms with E-state index in [1.54, 1.807) is 0 Å². The van der Waals surface area contributed by atoms with Crippen LogP contribution in [0.3, 0.4) is 0 Å². The quantitative estimate of drug-likeness (QED) is 0.405. The maximum atomic E-state index is 9.87. The second-order valence-corrected chi connectivity index (χ2v) is 1.27. The van der Waals surface area contributed by atoms with Crippen LogP contribution in [0.25, 0.3) is 0 Å². The summed E-state index contributed by atoms with van der Waals surface area (Å²) in [4.78, 5) is 19.5. The van der Waals surface area contributed by atoms with Gasteiger partial charge in [-0.05, 0) is 6.92 Å². The molecule has 1 N–H and O–H groups in total. The van der Waals surface area contributed by atoms with Crippen molar-refractivity contribution in [2.75, 3.05) is 0 Å². The standard InChI is InChI=1S/C4H6O3.Ca.2H/c1-3(5)2-4(6)7;;;/h2H2,1H3,(H,6,7);;;. The van der Waals surface area contributed by atoms with E-state index >= 15 is 0 Å².